The van der Waals surface area contributed by atoms with E-state index in [1.165, 1.54) is 0 Å². The second kappa shape index (κ2) is 6.42. The average molecular weight is 314 g/mol. The maximum atomic E-state index is 12.7. The third-order valence-electron chi connectivity index (χ3n) is 4.18. The summed E-state index contributed by atoms with van der Waals surface area (Å²) in [5.41, 5.74) is 4.85. The minimum Gasteiger partial charge on any atom is -0.377 e. The van der Waals surface area contributed by atoms with Gasteiger partial charge in [0.1, 0.15) is 0 Å². The summed E-state index contributed by atoms with van der Waals surface area (Å²) in [5, 5.41) is 10.2. The number of anilines is 1. The quantitative estimate of drug-likeness (QED) is 0.895. The number of ether oxygens (including phenoxy) is 1. The van der Waals surface area contributed by atoms with E-state index in [1.807, 2.05) is 49.9 Å². The van der Waals surface area contributed by atoms with Gasteiger partial charge in [-0.1, -0.05) is 12.1 Å². The molecule has 2 N–H and O–H groups in total. The first-order valence-electron chi connectivity index (χ1n) is 7.80. The lowest BCUT2D eigenvalue weighted by Crippen LogP contribution is -2.45. The van der Waals surface area contributed by atoms with Crippen LogP contribution in [0.1, 0.15) is 28.6 Å². The molecule has 2 heterocycles. The molecule has 23 heavy (non-hydrogen) atoms. The molecule has 1 aromatic carbocycles. The smallest absolute Gasteiger partial charge is 0.322 e. The predicted molar refractivity (Wildman–Crippen MR) is 88.5 cm³/mol. The second-order valence-corrected chi connectivity index (χ2v) is 5.93. The topological polar surface area (TPSA) is 70.2 Å². The molecule has 2 amide bonds. The van der Waals surface area contributed by atoms with Crippen molar-refractivity contribution in [1.29, 1.82) is 0 Å². The lowest BCUT2D eigenvalue weighted by atomic mass is 10.0. The highest BCUT2D eigenvalue weighted by Crippen LogP contribution is 2.29. The zero-order valence-electron chi connectivity index (χ0n) is 13.7. The number of hydrogen-bond donors (Lipinski definition) is 2. The van der Waals surface area contributed by atoms with Crippen LogP contribution in [0, 0.1) is 20.8 Å². The summed E-state index contributed by atoms with van der Waals surface area (Å²) < 4.78 is 5.60. The molecule has 1 saturated heterocycles. The number of amides is 2. The molecule has 6 heteroatoms. The maximum Gasteiger partial charge on any atom is 0.322 e. The number of morpholine rings is 1. The van der Waals surface area contributed by atoms with Gasteiger partial charge in [-0.3, -0.25) is 5.10 Å². The predicted octanol–water partition coefficient (Wildman–Crippen LogP) is 2.94. The van der Waals surface area contributed by atoms with Crippen LogP contribution in [0.15, 0.2) is 24.3 Å². The van der Waals surface area contributed by atoms with Gasteiger partial charge in [-0.05, 0) is 38.5 Å². The molecular weight excluding hydrogens is 292 g/mol. The van der Waals surface area contributed by atoms with E-state index in [-0.39, 0.29) is 12.1 Å². The van der Waals surface area contributed by atoms with Crippen LogP contribution < -0.4 is 5.32 Å². The average Bonchev–Trinajstić information content (AvgIpc) is 2.86. The first kappa shape index (κ1) is 15.6. The summed E-state index contributed by atoms with van der Waals surface area (Å²) in [6, 6.07) is 7.57. The number of H-pyrrole nitrogens is 1. The third kappa shape index (κ3) is 3.22. The molecule has 1 aromatic heterocycles. The Morgan fingerprint density at radius 2 is 2.22 bits per heavy atom. The van der Waals surface area contributed by atoms with Crippen molar-refractivity contribution in [2.24, 2.45) is 0 Å². The van der Waals surface area contributed by atoms with Gasteiger partial charge in [0, 0.05) is 23.5 Å². The summed E-state index contributed by atoms with van der Waals surface area (Å²) in [5.74, 6) is 0. The van der Waals surface area contributed by atoms with Crippen molar-refractivity contribution < 1.29 is 9.53 Å². The lowest BCUT2D eigenvalue weighted by Gasteiger charge is -2.36. The molecule has 0 aliphatic carbocycles. The number of carbonyl (C=O) groups is 1. The summed E-state index contributed by atoms with van der Waals surface area (Å²) in [6.07, 6.45) is 0. The van der Waals surface area contributed by atoms with Gasteiger partial charge in [-0.25, -0.2) is 4.79 Å². The Bertz CT molecular complexity index is 691. The molecule has 0 saturated carbocycles. The van der Waals surface area contributed by atoms with Gasteiger partial charge < -0.3 is 15.0 Å². The monoisotopic (exact) mass is 314 g/mol. The Balaban J connectivity index is 1.82. The normalized spacial score (nSPS) is 18.0. The molecule has 1 aliphatic rings. The highest BCUT2D eigenvalue weighted by Gasteiger charge is 2.31. The van der Waals surface area contributed by atoms with E-state index >= 15 is 0 Å². The maximum absolute atomic E-state index is 12.7. The number of aromatic nitrogens is 2. The molecule has 1 aliphatic heterocycles. The van der Waals surface area contributed by atoms with Crippen LogP contribution in [-0.4, -0.2) is 40.9 Å². The van der Waals surface area contributed by atoms with E-state index in [1.54, 1.807) is 0 Å². The molecule has 0 bridgehead atoms. The fraction of sp³-hybridized carbons (Fsp3) is 0.412. The van der Waals surface area contributed by atoms with Crippen LogP contribution in [0.2, 0.25) is 0 Å². The number of aryl methyl sites for hydroxylation is 3. The number of benzene rings is 1. The Morgan fingerprint density at radius 1 is 1.39 bits per heavy atom. The van der Waals surface area contributed by atoms with E-state index < -0.39 is 0 Å². The van der Waals surface area contributed by atoms with Crippen LogP contribution in [0.4, 0.5) is 10.5 Å². The van der Waals surface area contributed by atoms with Crippen LogP contribution in [-0.2, 0) is 4.74 Å². The molecule has 0 spiro atoms. The molecule has 6 nitrogen and oxygen atoms in total. The zero-order valence-corrected chi connectivity index (χ0v) is 13.7. The Morgan fingerprint density at radius 3 is 2.91 bits per heavy atom. The molecule has 0 radical (unpaired) electrons. The molecule has 122 valence electrons. The molecule has 1 unspecified atom stereocenters. The fourth-order valence-corrected chi connectivity index (χ4v) is 3.05. The van der Waals surface area contributed by atoms with Gasteiger partial charge >= 0.3 is 6.03 Å². The van der Waals surface area contributed by atoms with Crippen molar-refractivity contribution in [3.8, 4) is 0 Å². The highest BCUT2D eigenvalue weighted by molar-refractivity contribution is 5.89. The van der Waals surface area contributed by atoms with Crippen molar-refractivity contribution >= 4 is 11.7 Å². The Hall–Kier alpha value is -2.34. The number of nitrogens with zero attached hydrogens (tertiary/aromatic N) is 2. The minimum atomic E-state index is -0.118. The fourth-order valence-electron chi connectivity index (χ4n) is 3.05. The Labute approximate surface area is 135 Å². The Kier molecular flexibility index (Phi) is 4.34. The van der Waals surface area contributed by atoms with Crippen molar-refractivity contribution in [3.63, 3.8) is 0 Å². The van der Waals surface area contributed by atoms with E-state index in [2.05, 4.69) is 15.5 Å². The standard InChI is InChI=1S/C17H22N4O2/c1-11-5-4-6-14(9-11)18-17(22)21-7-8-23-10-15(21)16-12(2)19-20-13(16)3/h4-6,9,15H,7-8,10H2,1-3H3,(H,18,22)(H,19,20). The zero-order chi connectivity index (χ0) is 16.4. The second-order valence-electron chi connectivity index (χ2n) is 5.93. The van der Waals surface area contributed by atoms with Gasteiger partial charge in [0.25, 0.3) is 0 Å². The lowest BCUT2D eigenvalue weighted by molar-refractivity contribution is 0.0143. The van der Waals surface area contributed by atoms with E-state index in [0.29, 0.717) is 19.8 Å². The van der Waals surface area contributed by atoms with Gasteiger partial charge in [0.05, 0.1) is 24.9 Å². The van der Waals surface area contributed by atoms with Crippen molar-refractivity contribution in [1.82, 2.24) is 15.1 Å². The van der Waals surface area contributed by atoms with Crippen LogP contribution >= 0.6 is 0 Å². The van der Waals surface area contributed by atoms with Gasteiger partial charge in [0.2, 0.25) is 0 Å². The summed E-state index contributed by atoms with van der Waals surface area (Å²) in [7, 11) is 0. The largest absolute Gasteiger partial charge is 0.377 e. The SMILES string of the molecule is Cc1cccc(NC(=O)N2CCOCC2c2c(C)n[nH]c2C)c1. The van der Waals surface area contributed by atoms with Crippen molar-refractivity contribution in [2.75, 3.05) is 25.1 Å². The van der Waals surface area contributed by atoms with E-state index in [4.69, 9.17) is 4.74 Å². The van der Waals surface area contributed by atoms with Crippen LogP contribution in [0.3, 0.4) is 0 Å². The number of urea groups is 1. The number of aromatic amines is 1. The highest BCUT2D eigenvalue weighted by atomic mass is 16.5. The van der Waals surface area contributed by atoms with Gasteiger partial charge in [-0.2, -0.15) is 5.10 Å². The summed E-state index contributed by atoms with van der Waals surface area (Å²) in [6.45, 7) is 7.53. The number of carbonyl (C=O) groups excluding carboxylic acids is 1. The molecule has 1 atom stereocenters. The number of nitrogens with one attached hydrogen (secondary N) is 2. The number of rotatable bonds is 2. The summed E-state index contributed by atoms with van der Waals surface area (Å²) in [4.78, 5) is 14.6. The molecule has 2 aromatic rings. The molecular formula is C17H22N4O2. The van der Waals surface area contributed by atoms with Crippen molar-refractivity contribution in [3.05, 3.63) is 46.8 Å². The molecule has 1 fully saturated rings. The molecule has 3 rings (SSSR count). The number of hydrogen-bond acceptors (Lipinski definition) is 3. The summed E-state index contributed by atoms with van der Waals surface area (Å²) >= 11 is 0. The van der Waals surface area contributed by atoms with E-state index in [0.717, 1.165) is 28.2 Å². The van der Waals surface area contributed by atoms with Crippen LogP contribution in [0.25, 0.3) is 0 Å². The van der Waals surface area contributed by atoms with Gasteiger partial charge in [0.15, 0.2) is 0 Å². The van der Waals surface area contributed by atoms with E-state index in [9.17, 15) is 4.79 Å². The third-order valence-corrected chi connectivity index (χ3v) is 4.18. The van der Waals surface area contributed by atoms with Crippen LogP contribution in [0.5, 0.6) is 0 Å². The first-order chi connectivity index (χ1) is 11.1. The minimum absolute atomic E-state index is 0.107. The van der Waals surface area contributed by atoms with Crippen molar-refractivity contribution in [2.45, 2.75) is 26.8 Å². The van der Waals surface area contributed by atoms with Gasteiger partial charge in [-0.15, -0.1) is 0 Å². The first-order valence-corrected chi connectivity index (χ1v) is 7.80.